The first kappa shape index (κ1) is 28.9. The Morgan fingerprint density at radius 3 is 2.43 bits per heavy atom. The molecule has 0 bridgehead atoms. The summed E-state index contributed by atoms with van der Waals surface area (Å²) in [6, 6.07) is 24.6. The van der Waals surface area contributed by atoms with Crippen LogP contribution in [0.4, 0.5) is 0 Å². The van der Waals surface area contributed by atoms with E-state index in [1.54, 1.807) is 19.3 Å². The molecule has 0 aliphatic carbocycles. The zero-order valence-corrected chi connectivity index (χ0v) is 25.1. The number of benzene rings is 4. The third kappa shape index (κ3) is 7.24. The molecule has 4 aromatic rings. The fourth-order valence-corrected chi connectivity index (χ4v) is 5.49. The quantitative estimate of drug-likeness (QED) is 0.252. The maximum atomic E-state index is 12.8. The van der Waals surface area contributed by atoms with E-state index in [1.807, 2.05) is 30.3 Å². The third-order valence-corrected chi connectivity index (χ3v) is 7.49. The smallest absolute Gasteiger partial charge is 1.00 e. The Morgan fingerprint density at radius 2 is 1.70 bits per heavy atom. The van der Waals surface area contributed by atoms with Crippen LogP contribution in [0.1, 0.15) is 18.1 Å². The zero-order valence-electron chi connectivity index (χ0n) is 21.7. The molecule has 4 rings (SSSR count). The van der Waals surface area contributed by atoms with E-state index in [9.17, 15) is 13.2 Å². The van der Waals surface area contributed by atoms with Gasteiger partial charge in [-0.2, -0.15) is 0 Å². The average Bonchev–Trinajstić information content (AvgIpc) is 2.87. The summed E-state index contributed by atoms with van der Waals surface area (Å²) in [5, 5.41) is 2.31. The number of sulfonamides is 1. The second-order valence-corrected chi connectivity index (χ2v) is 10.6. The van der Waals surface area contributed by atoms with Crippen LogP contribution in [0.25, 0.3) is 16.8 Å². The van der Waals surface area contributed by atoms with Crippen molar-refractivity contribution in [2.45, 2.75) is 11.3 Å². The summed E-state index contributed by atoms with van der Waals surface area (Å²) in [7, 11) is -1.22. The molecule has 0 fully saturated rings. The Morgan fingerprint density at radius 1 is 0.946 bits per heavy atom. The van der Waals surface area contributed by atoms with Crippen LogP contribution in [0, 0.1) is 0 Å². The summed E-state index contributed by atoms with van der Waals surface area (Å²) in [5.74, 6) is -0.0201. The number of hydrogen-bond acceptors (Lipinski definition) is 5. The fourth-order valence-electron chi connectivity index (χ4n) is 3.83. The van der Waals surface area contributed by atoms with Crippen molar-refractivity contribution in [3.05, 3.63) is 106 Å². The van der Waals surface area contributed by atoms with E-state index in [1.165, 1.54) is 25.3 Å². The molecular formula is C28H25BrNNaO5S. The van der Waals surface area contributed by atoms with Gasteiger partial charge in [0.25, 0.3) is 15.9 Å². The van der Waals surface area contributed by atoms with Gasteiger partial charge >= 0.3 is 29.6 Å². The molecule has 0 aliphatic heterocycles. The molecule has 0 spiro atoms. The van der Waals surface area contributed by atoms with Crippen LogP contribution in [-0.4, -0.2) is 28.5 Å². The van der Waals surface area contributed by atoms with E-state index >= 15 is 0 Å². The van der Waals surface area contributed by atoms with Crippen molar-refractivity contribution in [3.63, 3.8) is 0 Å². The number of fused-ring (bicyclic) bond motifs is 1. The van der Waals surface area contributed by atoms with Crippen LogP contribution < -0.4 is 43.8 Å². The molecule has 1 amide bonds. The van der Waals surface area contributed by atoms with Gasteiger partial charge in [0.15, 0.2) is 0 Å². The van der Waals surface area contributed by atoms with Crippen LogP contribution in [0.5, 0.6) is 11.5 Å². The monoisotopic (exact) mass is 589 g/mol. The third-order valence-electron chi connectivity index (χ3n) is 5.63. The second-order valence-electron chi connectivity index (χ2n) is 8.02. The van der Waals surface area contributed by atoms with Gasteiger partial charge in [0.1, 0.15) is 16.4 Å². The molecule has 0 atom stereocenters. The van der Waals surface area contributed by atoms with Crippen molar-refractivity contribution in [3.8, 4) is 11.5 Å². The molecular weight excluding hydrogens is 565 g/mol. The van der Waals surface area contributed by atoms with Gasteiger partial charge in [-0.05, 0) is 70.3 Å². The number of carbonyl (C=O) groups excluding carboxylic acids is 1. The number of amides is 1. The first-order valence-corrected chi connectivity index (χ1v) is 13.3. The number of nitrogens with one attached hydrogen (secondary N) is 1. The van der Waals surface area contributed by atoms with Crippen LogP contribution in [0.15, 0.2) is 94.3 Å². The molecule has 186 valence electrons. The van der Waals surface area contributed by atoms with Crippen molar-refractivity contribution in [1.29, 1.82) is 0 Å². The topological polar surface area (TPSA) is 81.7 Å². The molecule has 37 heavy (non-hydrogen) atoms. The number of carbonyl (C=O) groups is 1. The van der Waals surface area contributed by atoms with Crippen molar-refractivity contribution < 1.29 is 53.7 Å². The van der Waals surface area contributed by atoms with Gasteiger partial charge in [0.2, 0.25) is 0 Å². The molecule has 9 heteroatoms. The zero-order chi connectivity index (χ0) is 25.7. The summed E-state index contributed by atoms with van der Waals surface area (Å²) in [6.45, 7) is 0. The van der Waals surface area contributed by atoms with E-state index in [4.69, 9.17) is 9.47 Å². The van der Waals surface area contributed by atoms with E-state index in [-0.39, 0.29) is 41.6 Å². The first-order chi connectivity index (χ1) is 17.3. The average molecular weight is 590 g/mol. The Bertz CT molecular complexity index is 1580. The molecule has 0 aliphatic rings. The van der Waals surface area contributed by atoms with Gasteiger partial charge in [-0.15, -0.1) is 0 Å². The Balaban J connectivity index is 0.00000253. The van der Waals surface area contributed by atoms with E-state index in [0.717, 1.165) is 27.5 Å². The maximum Gasteiger partial charge on any atom is 1.00 e. The van der Waals surface area contributed by atoms with Crippen molar-refractivity contribution >= 4 is 48.7 Å². The summed E-state index contributed by atoms with van der Waals surface area (Å²) in [6.07, 6.45) is 3.41. The minimum absolute atomic E-state index is 0. The normalized spacial score (nSPS) is 11.2. The predicted molar refractivity (Wildman–Crippen MR) is 146 cm³/mol. The van der Waals surface area contributed by atoms with Gasteiger partial charge in [0, 0.05) is 10.5 Å². The van der Waals surface area contributed by atoms with Crippen molar-refractivity contribution in [2.24, 2.45) is 0 Å². The molecule has 6 nitrogen and oxygen atoms in total. The molecule has 1 N–H and O–H groups in total. The largest absolute Gasteiger partial charge is 1.00 e. The standard InChI is InChI=1S/C28H24BrNO5S.Na.H/c1-34-25-12-9-22(16-19-7-8-20-5-3-4-6-21(20)15-19)23(17-25)10-14-28(31)30-36(32,33)27-18-24(29)11-13-26(27)35-2;;/h3-15,17-18H,16H2,1-2H3,(H,30,31);;/q;+1;-1. The van der Waals surface area contributed by atoms with Crippen molar-refractivity contribution in [2.75, 3.05) is 14.2 Å². The number of ether oxygens (including phenoxy) is 2. The van der Waals surface area contributed by atoms with E-state index in [0.29, 0.717) is 16.6 Å². The summed E-state index contributed by atoms with van der Waals surface area (Å²) >= 11 is 3.25. The van der Waals surface area contributed by atoms with E-state index in [2.05, 4.69) is 51.0 Å². The van der Waals surface area contributed by atoms with Gasteiger partial charge in [-0.1, -0.05) is 64.5 Å². The SMILES string of the molecule is COc1ccc(Cc2ccc3ccccc3c2)c(C=CC(=O)NS(=O)(=O)c2cc(Br)ccc2OC)c1.[H-].[Na+]. The Labute approximate surface area is 248 Å². The molecule has 0 saturated heterocycles. The van der Waals surface area contributed by atoms with Crippen LogP contribution in [0.2, 0.25) is 0 Å². The van der Waals surface area contributed by atoms with Gasteiger partial charge in [0.05, 0.1) is 14.2 Å². The minimum atomic E-state index is -4.15. The van der Waals surface area contributed by atoms with Gasteiger partial charge in [-0.25, -0.2) is 13.1 Å². The first-order valence-electron chi connectivity index (χ1n) is 11.0. The van der Waals surface area contributed by atoms with Gasteiger partial charge in [-0.3, -0.25) is 4.79 Å². The van der Waals surface area contributed by atoms with Crippen molar-refractivity contribution in [1.82, 2.24) is 4.72 Å². The fraction of sp³-hybridized carbons (Fsp3) is 0.107. The number of hydrogen-bond donors (Lipinski definition) is 1. The number of rotatable bonds is 8. The number of halogens is 1. The molecule has 0 saturated carbocycles. The van der Waals surface area contributed by atoms with E-state index < -0.39 is 15.9 Å². The molecule has 4 aromatic carbocycles. The second kappa shape index (κ2) is 12.8. The minimum Gasteiger partial charge on any atom is -1.00 e. The summed E-state index contributed by atoms with van der Waals surface area (Å²) in [5.41, 5.74) is 2.82. The molecule has 0 heterocycles. The molecule has 0 aromatic heterocycles. The Hall–Kier alpha value is -2.62. The Kier molecular flexibility index (Phi) is 9.98. The number of methoxy groups -OCH3 is 2. The molecule has 0 unspecified atom stereocenters. The van der Waals surface area contributed by atoms with Crippen LogP contribution in [-0.2, 0) is 21.2 Å². The van der Waals surface area contributed by atoms with Crippen LogP contribution >= 0.6 is 15.9 Å². The maximum absolute atomic E-state index is 12.8. The summed E-state index contributed by atoms with van der Waals surface area (Å²) in [4.78, 5) is 12.5. The van der Waals surface area contributed by atoms with Crippen LogP contribution in [0.3, 0.4) is 0 Å². The predicted octanol–water partition coefficient (Wildman–Crippen LogP) is 2.85. The molecule has 0 radical (unpaired) electrons. The summed E-state index contributed by atoms with van der Waals surface area (Å²) < 4.78 is 38.7. The van der Waals surface area contributed by atoms with Gasteiger partial charge < -0.3 is 10.9 Å².